The molecule has 2 rings (SSSR count). The van der Waals surface area contributed by atoms with Gasteiger partial charge in [-0.05, 0) is 57.0 Å². The molecule has 4 nitrogen and oxygen atoms in total. The molecule has 1 atom stereocenters. The van der Waals surface area contributed by atoms with E-state index in [4.69, 9.17) is 0 Å². The minimum absolute atomic E-state index is 0.104. The number of likely N-dealkylation sites (tertiary alicyclic amines) is 1. The predicted molar refractivity (Wildman–Crippen MR) is 86.5 cm³/mol. The van der Waals surface area contributed by atoms with Gasteiger partial charge in [0.1, 0.15) is 5.82 Å². The SMILES string of the molecule is CC1CCCCN1CCCNS(=O)(=O)Cc1ccc(F)cc1. The van der Waals surface area contributed by atoms with Crippen molar-refractivity contribution in [1.29, 1.82) is 0 Å². The summed E-state index contributed by atoms with van der Waals surface area (Å²) >= 11 is 0. The van der Waals surface area contributed by atoms with Crippen molar-refractivity contribution < 1.29 is 12.8 Å². The highest BCUT2D eigenvalue weighted by Crippen LogP contribution is 2.16. The quantitative estimate of drug-likeness (QED) is 0.783. The summed E-state index contributed by atoms with van der Waals surface area (Å²) in [6, 6.07) is 6.17. The lowest BCUT2D eigenvalue weighted by Gasteiger charge is -2.33. The van der Waals surface area contributed by atoms with Crippen LogP contribution in [-0.2, 0) is 15.8 Å². The van der Waals surface area contributed by atoms with Crippen molar-refractivity contribution in [3.63, 3.8) is 0 Å². The number of halogens is 1. The molecule has 1 saturated heterocycles. The lowest BCUT2D eigenvalue weighted by Crippen LogP contribution is -2.39. The fraction of sp³-hybridized carbons (Fsp3) is 0.625. The molecule has 0 bridgehead atoms. The van der Waals surface area contributed by atoms with Crippen molar-refractivity contribution in [2.75, 3.05) is 19.6 Å². The summed E-state index contributed by atoms with van der Waals surface area (Å²) in [5.41, 5.74) is 0.596. The maximum Gasteiger partial charge on any atom is 0.215 e. The first kappa shape index (κ1) is 17.4. The molecule has 1 unspecified atom stereocenters. The third-order valence-electron chi connectivity index (χ3n) is 4.15. The maximum absolute atomic E-state index is 12.8. The van der Waals surface area contributed by atoms with Crippen molar-refractivity contribution in [3.05, 3.63) is 35.6 Å². The smallest absolute Gasteiger partial charge is 0.215 e. The average Bonchev–Trinajstić information content (AvgIpc) is 2.47. The van der Waals surface area contributed by atoms with Crippen molar-refractivity contribution in [1.82, 2.24) is 9.62 Å². The Kier molecular flexibility index (Phi) is 6.35. The van der Waals surface area contributed by atoms with Crippen LogP contribution in [0.2, 0.25) is 0 Å². The Balaban J connectivity index is 1.72. The molecule has 1 aromatic carbocycles. The highest BCUT2D eigenvalue weighted by molar-refractivity contribution is 7.88. The molecule has 0 amide bonds. The van der Waals surface area contributed by atoms with E-state index in [1.54, 1.807) is 0 Å². The number of hydrogen-bond acceptors (Lipinski definition) is 3. The van der Waals surface area contributed by atoms with Gasteiger partial charge in [0.15, 0.2) is 0 Å². The molecule has 0 radical (unpaired) electrons. The number of sulfonamides is 1. The Bertz CT molecular complexity index is 560. The van der Waals surface area contributed by atoms with E-state index in [1.807, 2.05) is 0 Å². The topological polar surface area (TPSA) is 49.4 Å². The molecule has 6 heteroatoms. The standard InChI is InChI=1S/C16H25FN2O2S/c1-14-5-2-3-11-19(14)12-4-10-18-22(20,21)13-15-6-8-16(17)9-7-15/h6-9,14,18H,2-5,10-13H2,1H3. The van der Waals surface area contributed by atoms with Crippen LogP contribution < -0.4 is 4.72 Å². The van der Waals surface area contributed by atoms with E-state index in [9.17, 15) is 12.8 Å². The largest absolute Gasteiger partial charge is 0.301 e. The van der Waals surface area contributed by atoms with Gasteiger partial charge in [0.25, 0.3) is 0 Å². The Labute approximate surface area is 132 Å². The number of nitrogens with zero attached hydrogens (tertiary/aromatic N) is 1. The van der Waals surface area contributed by atoms with Gasteiger partial charge in [-0.2, -0.15) is 0 Å². The fourth-order valence-corrected chi connectivity index (χ4v) is 4.04. The molecule has 22 heavy (non-hydrogen) atoms. The number of rotatable bonds is 7. The zero-order chi connectivity index (χ0) is 16.0. The van der Waals surface area contributed by atoms with E-state index in [-0.39, 0.29) is 11.6 Å². The van der Waals surface area contributed by atoms with E-state index in [2.05, 4.69) is 16.5 Å². The van der Waals surface area contributed by atoms with Gasteiger partial charge in [-0.25, -0.2) is 17.5 Å². The van der Waals surface area contributed by atoms with E-state index in [0.717, 1.165) is 19.5 Å². The summed E-state index contributed by atoms with van der Waals surface area (Å²) in [5.74, 6) is -0.460. The Morgan fingerprint density at radius 2 is 2.00 bits per heavy atom. The van der Waals surface area contributed by atoms with Crippen LogP contribution in [0.1, 0.15) is 38.2 Å². The monoisotopic (exact) mass is 328 g/mol. The lowest BCUT2D eigenvalue weighted by molar-refractivity contribution is 0.159. The molecular weight excluding hydrogens is 303 g/mol. The summed E-state index contributed by atoms with van der Waals surface area (Å²) in [7, 11) is -3.35. The van der Waals surface area contributed by atoms with Gasteiger partial charge >= 0.3 is 0 Å². The van der Waals surface area contributed by atoms with Crippen LogP contribution in [0.25, 0.3) is 0 Å². The van der Waals surface area contributed by atoms with Crippen molar-refractivity contribution in [2.24, 2.45) is 0 Å². The van der Waals surface area contributed by atoms with Crippen molar-refractivity contribution >= 4 is 10.0 Å². The molecule has 0 saturated carbocycles. The fourth-order valence-electron chi connectivity index (χ4n) is 2.85. The second-order valence-electron chi connectivity index (χ2n) is 6.01. The molecule has 124 valence electrons. The molecule has 1 N–H and O–H groups in total. The molecule has 0 aliphatic carbocycles. The number of benzene rings is 1. The summed E-state index contributed by atoms with van der Waals surface area (Å²) in [4.78, 5) is 2.43. The number of piperidine rings is 1. The number of nitrogens with one attached hydrogen (secondary N) is 1. The van der Waals surface area contributed by atoms with E-state index in [0.29, 0.717) is 18.2 Å². The zero-order valence-electron chi connectivity index (χ0n) is 13.1. The first-order valence-corrected chi connectivity index (χ1v) is 9.57. The minimum Gasteiger partial charge on any atom is -0.301 e. The summed E-state index contributed by atoms with van der Waals surface area (Å²) < 4.78 is 39.4. The predicted octanol–water partition coefficient (Wildman–Crippen LogP) is 2.51. The first-order chi connectivity index (χ1) is 10.5. The second kappa shape index (κ2) is 8.04. The van der Waals surface area contributed by atoms with E-state index in [1.165, 1.54) is 43.5 Å². The second-order valence-corrected chi connectivity index (χ2v) is 7.82. The highest BCUT2D eigenvalue weighted by atomic mass is 32.2. The lowest BCUT2D eigenvalue weighted by atomic mass is 10.0. The van der Waals surface area contributed by atoms with Crippen LogP contribution >= 0.6 is 0 Å². The number of hydrogen-bond donors (Lipinski definition) is 1. The van der Waals surface area contributed by atoms with Crippen molar-refractivity contribution in [3.8, 4) is 0 Å². The van der Waals surface area contributed by atoms with Crippen LogP contribution in [0.5, 0.6) is 0 Å². The maximum atomic E-state index is 12.8. The van der Waals surface area contributed by atoms with Crippen LogP contribution in [0.4, 0.5) is 4.39 Å². The van der Waals surface area contributed by atoms with Gasteiger partial charge < -0.3 is 4.90 Å². The van der Waals surface area contributed by atoms with Gasteiger partial charge in [0.2, 0.25) is 10.0 Å². The molecule has 1 fully saturated rings. The van der Waals surface area contributed by atoms with E-state index >= 15 is 0 Å². The first-order valence-electron chi connectivity index (χ1n) is 7.92. The molecule has 0 spiro atoms. The average molecular weight is 328 g/mol. The molecule has 1 aliphatic rings. The molecule has 0 aromatic heterocycles. The molecule has 1 aliphatic heterocycles. The third-order valence-corrected chi connectivity index (χ3v) is 5.51. The zero-order valence-corrected chi connectivity index (χ0v) is 13.9. The van der Waals surface area contributed by atoms with Crippen LogP contribution in [0.3, 0.4) is 0 Å². The molecular formula is C16H25FN2O2S. The Hall–Kier alpha value is -0.980. The Morgan fingerprint density at radius 3 is 2.68 bits per heavy atom. The molecule has 1 aromatic rings. The normalized spacial score (nSPS) is 20.2. The summed E-state index contributed by atoms with van der Waals surface area (Å²) in [5, 5.41) is 0. The van der Waals surface area contributed by atoms with Crippen LogP contribution in [0.15, 0.2) is 24.3 Å². The van der Waals surface area contributed by atoms with Crippen molar-refractivity contribution in [2.45, 2.75) is 44.4 Å². The summed E-state index contributed by atoms with van der Waals surface area (Å²) in [6.07, 6.45) is 4.58. The van der Waals surface area contributed by atoms with Gasteiger partial charge in [-0.15, -0.1) is 0 Å². The van der Waals surface area contributed by atoms with Gasteiger partial charge in [0, 0.05) is 12.6 Å². The minimum atomic E-state index is -3.35. The summed E-state index contributed by atoms with van der Waals surface area (Å²) in [6.45, 7) is 4.73. The highest BCUT2D eigenvalue weighted by Gasteiger charge is 2.17. The third kappa shape index (κ3) is 5.66. The molecule has 1 heterocycles. The van der Waals surface area contributed by atoms with E-state index < -0.39 is 10.0 Å². The van der Waals surface area contributed by atoms with Crippen LogP contribution in [0, 0.1) is 5.82 Å². The van der Waals surface area contributed by atoms with Crippen LogP contribution in [-0.4, -0.2) is 39.0 Å². The van der Waals surface area contributed by atoms with Gasteiger partial charge in [0.05, 0.1) is 5.75 Å². The van der Waals surface area contributed by atoms with Gasteiger partial charge in [-0.1, -0.05) is 18.6 Å². The Morgan fingerprint density at radius 1 is 1.27 bits per heavy atom. The van der Waals surface area contributed by atoms with Gasteiger partial charge in [-0.3, -0.25) is 0 Å².